The quantitative estimate of drug-likeness (QED) is 0.757. The first-order valence-electron chi connectivity index (χ1n) is 4.49. The van der Waals surface area contributed by atoms with Gasteiger partial charge in [-0.3, -0.25) is 0 Å². The molecule has 0 aromatic heterocycles. The highest BCUT2D eigenvalue weighted by atomic mass is 35.5. The molecular weight excluding hydrogens is 252 g/mol. The standard InChI is InChI=1S/C10H12ClO4S/c1-14-6-7-15-10-8(11)4-3-5-9(10)16(2,12)13/h3,5H,6-7H2,1-2H3. The van der Waals surface area contributed by atoms with E-state index in [2.05, 4.69) is 6.07 Å². The Bertz CT molecular complexity index is 456. The maximum absolute atomic E-state index is 11.5. The second kappa shape index (κ2) is 5.52. The second-order valence-electron chi connectivity index (χ2n) is 3.10. The second-order valence-corrected chi connectivity index (χ2v) is 5.46. The van der Waals surface area contributed by atoms with Crippen molar-refractivity contribution in [1.82, 2.24) is 0 Å². The van der Waals surface area contributed by atoms with Crippen LogP contribution in [0.25, 0.3) is 0 Å². The third kappa shape index (κ3) is 3.37. The van der Waals surface area contributed by atoms with Gasteiger partial charge in [0.1, 0.15) is 11.5 Å². The summed E-state index contributed by atoms with van der Waals surface area (Å²) < 4.78 is 33.0. The van der Waals surface area contributed by atoms with Gasteiger partial charge in [-0.1, -0.05) is 17.7 Å². The van der Waals surface area contributed by atoms with E-state index in [1.54, 1.807) is 0 Å². The number of hydrogen-bond acceptors (Lipinski definition) is 4. The minimum atomic E-state index is -3.36. The van der Waals surface area contributed by atoms with Crippen molar-refractivity contribution in [3.05, 3.63) is 23.2 Å². The van der Waals surface area contributed by atoms with Gasteiger partial charge in [-0.25, -0.2) is 8.42 Å². The van der Waals surface area contributed by atoms with Gasteiger partial charge in [0.25, 0.3) is 0 Å². The van der Waals surface area contributed by atoms with Crippen molar-refractivity contribution in [2.45, 2.75) is 4.90 Å². The fraction of sp³-hybridized carbons (Fsp3) is 0.400. The number of rotatable bonds is 5. The molecular formula is C10H12ClO4S. The van der Waals surface area contributed by atoms with Gasteiger partial charge < -0.3 is 9.47 Å². The van der Waals surface area contributed by atoms with Crippen molar-refractivity contribution < 1.29 is 17.9 Å². The van der Waals surface area contributed by atoms with Crippen molar-refractivity contribution in [2.75, 3.05) is 26.6 Å². The van der Waals surface area contributed by atoms with Gasteiger partial charge in [0.05, 0.1) is 11.6 Å². The molecule has 0 amide bonds. The molecule has 0 fully saturated rings. The molecule has 1 aromatic carbocycles. The highest BCUT2D eigenvalue weighted by molar-refractivity contribution is 7.90. The van der Waals surface area contributed by atoms with E-state index >= 15 is 0 Å². The Balaban J connectivity index is 3.05. The van der Waals surface area contributed by atoms with Crippen molar-refractivity contribution in [3.63, 3.8) is 0 Å². The summed E-state index contributed by atoms with van der Waals surface area (Å²) in [6.07, 6.45) is 1.10. The maximum Gasteiger partial charge on any atom is 0.179 e. The average Bonchev–Trinajstić information content (AvgIpc) is 2.19. The van der Waals surface area contributed by atoms with Crippen molar-refractivity contribution in [1.29, 1.82) is 0 Å². The highest BCUT2D eigenvalue weighted by Crippen LogP contribution is 2.31. The third-order valence-corrected chi connectivity index (χ3v) is 3.20. The number of methoxy groups -OCH3 is 1. The van der Waals surface area contributed by atoms with E-state index in [0.717, 1.165) is 6.26 Å². The lowest BCUT2D eigenvalue weighted by molar-refractivity contribution is 0.144. The monoisotopic (exact) mass is 263 g/mol. The Morgan fingerprint density at radius 1 is 1.44 bits per heavy atom. The van der Waals surface area contributed by atoms with Gasteiger partial charge in [-0.15, -0.1) is 0 Å². The molecule has 4 nitrogen and oxygen atoms in total. The van der Waals surface area contributed by atoms with E-state index in [1.165, 1.54) is 19.2 Å². The first kappa shape index (κ1) is 13.3. The number of hydrogen-bond donors (Lipinski definition) is 0. The summed E-state index contributed by atoms with van der Waals surface area (Å²) >= 11 is 5.83. The predicted octanol–water partition coefficient (Wildman–Crippen LogP) is 1.57. The molecule has 0 aliphatic heterocycles. The molecule has 0 aliphatic rings. The highest BCUT2D eigenvalue weighted by Gasteiger charge is 2.17. The summed E-state index contributed by atoms with van der Waals surface area (Å²) in [5.41, 5.74) is 0. The van der Waals surface area contributed by atoms with Crippen LogP contribution >= 0.6 is 11.6 Å². The van der Waals surface area contributed by atoms with Crippen LogP contribution in [-0.4, -0.2) is 35.0 Å². The van der Waals surface area contributed by atoms with Crippen molar-refractivity contribution in [3.8, 4) is 5.75 Å². The van der Waals surface area contributed by atoms with Crippen LogP contribution in [0.2, 0.25) is 5.02 Å². The molecule has 0 heterocycles. The van der Waals surface area contributed by atoms with Gasteiger partial charge in [0.2, 0.25) is 0 Å². The molecule has 1 rings (SSSR count). The molecule has 0 saturated heterocycles. The number of sulfone groups is 1. The molecule has 1 radical (unpaired) electrons. The SMILES string of the molecule is COCCOc1c(Cl)[c]ccc1S(C)(=O)=O. The largest absolute Gasteiger partial charge is 0.488 e. The normalized spacial score (nSPS) is 11.4. The average molecular weight is 264 g/mol. The lowest BCUT2D eigenvalue weighted by Crippen LogP contribution is -2.08. The Morgan fingerprint density at radius 2 is 2.12 bits per heavy atom. The van der Waals surface area contributed by atoms with Crippen molar-refractivity contribution in [2.24, 2.45) is 0 Å². The lowest BCUT2D eigenvalue weighted by Gasteiger charge is -2.11. The molecule has 6 heteroatoms. The Hall–Kier alpha value is -0.780. The molecule has 0 spiro atoms. The van der Waals surface area contributed by atoms with Crippen LogP contribution in [0.4, 0.5) is 0 Å². The topological polar surface area (TPSA) is 52.6 Å². The molecule has 89 valence electrons. The third-order valence-electron chi connectivity index (χ3n) is 1.80. The molecule has 1 aromatic rings. The zero-order valence-electron chi connectivity index (χ0n) is 8.99. The summed E-state index contributed by atoms with van der Waals surface area (Å²) in [7, 11) is -1.84. The first-order valence-corrected chi connectivity index (χ1v) is 6.75. The number of benzene rings is 1. The molecule has 0 saturated carbocycles. The Labute approximate surface area is 100 Å². The fourth-order valence-electron chi connectivity index (χ4n) is 1.09. The van der Waals surface area contributed by atoms with E-state index < -0.39 is 9.84 Å². The van der Waals surface area contributed by atoms with Gasteiger partial charge in [-0.2, -0.15) is 0 Å². The minimum Gasteiger partial charge on any atom is -0.488 e. The van der Waals surface area contributed by atoms with Crippen LogP contribution < -0.4 is 4.74 Å². The maximum atomic E-state index is 11.5. The first-order chi connectivity index (χ1) is 7.46. The number of halogens is 1. The van der Waals surface area contributed by atoms with E-state index in [1.807, 2.05) is 0 Å². The molecule has 0 aliphatic carbocycles. The van der Waals surface area contributed by atoms with Crippen LogP contribution in [-0.2, 0) is 14.6 Å². The van der Waals surface area contributed by atoms with Gasteiger partial charge in [0.15, 0.2) is 15.6 Å². The van der Waals surface area contributed by atoms with E-state index in [0.29, 0.717) is 6.61 Å². The zero-order valence-corrected chi connectivity index (χ0v) is 10.6. The van der Waals surface area contributed by atoms with Gasteiger partial charge in [-0.05, 0) is 6.07 Å². The summed E-state index contributed by atoms with van der Waals surface area (Å²) in [5.74, 6) is 0.128. The Kier molecular flexibility index (Phi) is 4.58. The van der Waals surface area contributed by atoms with Crippen LogP contribution in [0.15, 0.2) is 17.0 Å². The summed E-state index contributed by atoms with van der Waals surface area (Å²) in [4.78, 5) is 0.0624. The predicted molar refractivity (Wildman–Crippen MR) is 60.8 cm³/mol. The molecule has 0 bridgehead atoms. The lowest BCUT2D eigenvalue weighted by atomic mass is 10.3. The minimum absolute atomic E-state index is 0.0624. The van der Waals surface area contributed by atoms with E-state index in [-0.39, 0.29) is 22.3 Å². The molecule has 0 unspecified atom stereocenters. The van der Waals surface area contributed by atoms with Crippen LogP contribution in [0.5, 0.6) is 5.75 Å². The van der Waals surface area contributed by atoms with Gasteiger partial charge >= 0.3 is 0 Å². The van der Waals surface area contributed by atoms with Crippen LogP contribution in [0, 0.1) is 6.07 Å². The fourth-order valence-corrected chi connectivity index (χ4v) is 2.18. The summed E-state index contributed by atoms with van der Waals surface area (Å²) in [5, 5.41) is 0.152. The number of ether oxygens (including phenoxy) is 2. The van der Waals surface area contributed by atoms with Gasteiger partial charge in [0, 0.05) is 19.4 Å². The van der Waals surface area contributed by atoms with E-state index in [9.17, 15) is 8.42 Å². The molecule has 0 N–H and O–H groups in total. The smallest absolute Gasteiger partial charge is 0.179 e. The molecule has 16 heavy (non-hydrogen) atoms. The van der Waals surface area contributed by atoms with E-state index in [4.69, 9.17) is 21.1 Å². The van der Waals surface area contributed by atoms with Crippen LogP contribution in [0.3, 0.4) is 0 Å². The molecule has 0 atom stereocenters. The van der Waals surface area contributed by atoms with Crippen LogP contribution in [0.1, 0.15) is 0 Å². The Morgan fingerprint density at radius 3 is 2.69 bits per heavy atom. The summed E-state index contributed by atoms with van der Waals surface area (Å²) in [6, 6.07) is 5.53. The summed E-state index contributed by atoms with van der Waals surface area (Å²) in [6.45, 7) is 0.588. The van der Waals surface area contributed by atoms with Crippen molar-refractivity contribution >= 4 is 21.4 Å². The zero-order chi connectivity index (χ0) is 12.2.